The Labute approximate surface area is 252 Å². The van der Waals surface area contributed by atoms with Crippen LogP contribution in [0.2, 0.25) is 5.02 Å². The van der Waals surface area contributed by atoms with E-state index >= 15 is 0 Å². The van der Waals surface area contributed by atoms with E-state index in [0.29, 0.717) is 36.6 Å². The predicted octanol–water partition coefficient (Wildman–Crippen LogP) is 6.80. The first kappa shape index (κ1) is 29.0. The molecule has 0 atom stereocenters. The standard InChI is InChI=1S/C35H35ClN4O2/c1-38(2)31-18-12-27(13-19-31)23-39(21-20-29-22-37-33-11-7-6-10-32(29)33)34(41)25-40(24-26-8-4-3-5-9-26)35(42)28-14-16-30(36)17-15-28/h3-19,22,37H,20-21,23-25H2,1-2H3. The van der Waals surface area contributed by atoms with Crippen LogP contribution in [-0.2, 0) is 24.3 Å². The molecule has 0 saturated heterocycles. The Kier molecular flexibility index (Phi) is 9.25. The van der Waals surface area contributed by atoms with Gasteiger partial charge < -0.3 is 19.7 Å². The molecule has 0 spiro atoms. The lowest BCUT2D eigenvalue weighted by Crippen LogP contribution is -2.43. The molecule has 0 aliphatic heterocycles. The summed E-state index contributed by atoms with van der Waals surface area (Å²) >= 11 is 6.08. The fourth-order valence-electron chi connectivity index (χ4n) is 5.05. The lowest BCUT2D eigenvalue weighted by molar-refractivity contribution is -0.132. The van der Waals surface area contributed by atoms with Crippen molar-refractivity contribution >= 4 is 40.0 Å². The second-order valence-corrected chi connectivity index (χ2v) is 11.1. The third-order valence-corrected chi connectivity index (χ3v) is 7.68. The molecule has 0 aliphatic carbocycles. The monoisotopic (exact) mass is 578 g/mol. The maximum atomic E-state index is 14.0. The molecule has 5 aromatic rings. The van der Waals surface area contributed by atoms with Gasteiger partial charge in [0.05, 0.1) is 0 Å². The first-order chi connectivity index (χ1) is 20.4. The van der Waals surface area contributed by atoms with Crippen LogP contribution in [0.15, 0.2) is 109 Å². The van der Waals surface area contributed by atoms with E-state index in [-0.39, 0.29) is 18.4 Å². The molecule has 1 heterocycles. The molecule has 7 heteroatoms. The Balaban J connectivity index is 1.40. The summed E-state index contributed by atoms with van der Waals surface area (Å²) in [4.78, 5) is 36.6. The van der Waals surface area contributed by atoms with Crippen molar-refractivity contribution < 1.29 is 9.59 Å². The van der Waals surface area contributed by atoms with Gasteiger partial charge >= 0.3 is 0 Å². The highest BCUT2D eigenvalue weighted by molar-refractivity contribution is 6.30. The van der Waals surface area contributed by atoms with E-state index in [9.17, 15) is 9.59 Å². The summed E-state index contributed by atoms with van der Waals surface area (Å²) in [5, 5.41) is 1.71. The second-order valence-electron chi connectivity index (χ2n) is 10.6. The van der Waals surface area contributed by atoms with Crippen LogP contribution < -0.4 is 4.90 Å². The van der Waals surface area contributed by atoms with Gasteiger partial charge in [0.1, 0.15) is 6.54 Å². The van der Waals surface area contributed by atoms with Gasteiger partial charge in [0.25, 0.3) is 5.91 Å². The van der Waals surface area contributed by atoms with Crippen LogP contribution in [0.1, 0.15) is 27.0 Å². The number of para-hydroxylation sites is 1. The maximum Gasteiger partial charge on any atom is 0.254 e. The molecule has 42 heavy (non-hydrogen) atoms. The molecule has 1 aromatic heterocycles. The van der Waals surface area contributed by atoms with Crippen LogP contribution in [-0.4, -0.2) is 53.8 Å². The summed E-state index contributed by atoms with van der Waals surface area (Å²) in [5.41, 5.74) is 5.81. The predicted molar refractivity (Wildman–Crippen MR) is 171 cm³/mol. The Morgan fingerprint density at radius 2 is 1.38 bits per heavy atom. The average molecular weight is 579 g/mol. The van der Waals surface area contributed by atoms with Gasteiger partial charge in [-0.3, -0.25) is 9.59 Å². The van der Waals surface area contributed by atoms with Crippen molar-refractivity contribution in [2.75, 3.05) is 32.1 Å². The minimum absolute atomic E-state index is 0.0416. The summed E-state index contributed by atoms with van der Waals surface area (Å²) in [6, 6.07) is 33.0. The summed E-state index contributed by atoms with van der Waals surface area (Å²) in [7, 11) is 4.01. The molecule has 0 bridgehead atoms. The van der Waals surface area contributed by atoms with Crippen LogP contribution in [0.5, 0.6) is 0 Å². The van der Waals surface area contributed by atoms with E-state index in [2.05, 4.69) is 41.4 Å². The number of carbonyl (C=O) groups excluding carboxylic acids is 2. The number of halogens is 1. The molecule has 6 nitrogen and oxygen atoms in total. The number of H-pyrrole nitrogens is 1. The number of hydrogen-bond acceptors (Lipinski definition) is 3. The van der Waals surface area contributed by atoms with Crippen LogP contribution in [0, 0.1) is 0 Å². The first-order valence-electron chi connectivity index (χ1n) is 14.0. The number of fused-ring (bicyclic) bond motifs is 1. The molecule has 1 N–H and O–H groups in total. The number of aromatic nitrogens is 1. The van der Waals surface area contributed by atoms with E-state index in [1.54, 1.807) is 29.2 Å². The van der Waals surface area contributed by atoms with Gasteiger partial charge in [-0.2, -0.15) is 0 Å². The molecule has 0 unspecified atom stereocenters. The fourth-order valence-corrected chi connectivity index (χ4v) is 5.17. The van der Waals surface area contributed by atoms with E-state index in [4.69, 9.17) is 11.6 Å². The number of amides is 2. The molecule has 2 amide bonds. The number of nitrogens with one attached hydrogen (secondary N) is 1. The largest absolute Gasteiger partial charge is 0.378 e. The van der Waals surface area contributed by atoms with E-state index in [1.807, 2.05) is 72.6 Å². The van der Waals surface area contributed by atoms with Crippen LogP contribution in [0.25, 0.3) is 10.9 Å². The van der Waals surface area contributed by atoms with Crippen LogP contribution in [0.3, 0.4) is 0 Å². The van der Waals surface area contributed by atoms with Gasteiger partial charge in [-0.05, 0) is 65.6 Å². The Hall–Kier alpha value is -4.55. The number of benzene rings is 4. The quantitative estimate of drug-likeness (QED) is 0.187. The Morgan fingerprint density at radius 3 is 2.10 bits per heavy atom. The molecule has 0 aliphatic rings. The summed E-state index contributed by atoms with van der Waals surface area (Å²) in [5.74, 6) is -0.319. The lowest BCUT2D eigenvalue weighted by atomic mass is 10.1. The highest BCUT2D eigenvalue weighted by Crippen LogP contribution is 2.20. The molecule has 0 saturated carbocycles. The van der Waals surface area contributed by atoms with Crippen molar-refractivity contribution in [2.24, 2.45) is 0 Å². The molecule has 0 fully saturated rings. The highest BCUT2D eigenvalue weighted by Gasteiger charge is 2.23. The summed E-state index contributed by atoms with van der Waals surface area (Å²) in [6.45, 7) is 1.25. The van der Waals surface area contributed by atoms with Gasteiger partial charge in [-0.1, -0.05) is 72.3 Å². The van der Waals surface area contributed by atoms with E-state index in [0.717, 1.165) is 33.3 Å². The van der Waals surface area contributed by atoms with Gasteiger partial charge in [0.15, 0.2) is 0 Å². The molecular weight excluding hydrogens is 544 g/mol. The molecule has 5 rings (SSSR count). The number of rotatable bonds is 11. The number of anilines is 1. The van der Waals surface area contributed by atoms with E-state index in [1.165, 1.54) is 0 Å². The third-order valence-electron chi connectivity index (χ3n) is 7.43. The van der Waals surface area contributed by atoms with Crippen LogP contribution >= 0.6 is 11.6 Å². The van der Waals surface area contributed by atoms with Gasteiger partial charge in [0.2, 0.25) is 5.91 Å². The van der Waals surface area contributed by atoms with Gasteiger partial charge in [-0.25, -0.2) is 0 Å². The zero-order valence-electron chi connectivity index (χ0n) is 24.0. The smallest absolute Gasteiger partial charge is 0.254 e. The van der Waals surface area contributed by atoms with Crippen molar-refractivity contribution in [3.05, 3.63) is 137 Å². The summed E-state index contributed by atoms with van der Waals surface area (Å²) in [6.07, 6.45) is 2.71. The lowest BCUT2D eigenvalue weighted by Gasteiger charge is -2.28. The summed E-state index contributed by atoms with van der Waals surface area (Å²) < 4.78 is 0. The third kappa shape index (κ3) is 7.20. The number of carbonyl (C=O) groups is 2. The molecular formula is C35H35ClN4O2. The minimum atomic E-state index is -0.212. The van der Waals surface area contributed by atoms with Gasteiger partial charge in [0, 0.05) is 67.1 Å². The normalized spacial score (nSPS) is 10.9. The van der Waals surface area contributed by atoms with Crippen molar-refractivity contribution in [3.8, 4) is 0 Å². The number of hydrogen-bond donors (Lipinski definition) is 1. The average Bonchev–Trinajstić information content (AvgIpc) is 3.42. The van der Waals surface area contributed by atoms with Crippen molar-refractivity contribution in [1.82, 2.24) is 14.8 Å². The first-order valence-corrected chi connectivity index (χ1v) is 14.4. The number of aromatic amines is 1. The molecule has 4 aromatic carbocycles. The topological polar surface area (TPSA) is 59.7 Å². The number of nitrogens with zero attached hydrogens (tertiary/aromatic N) is 3. The highest BCUT2D eigenvalue weighted by atomic mass is 35.5. The zero-order chi connectivity index (χ0) is 29.5. The van der Waals surface area contributed by atoms with Crippen molar-refractivity contribution in [1.29, 1.82) is 0 Å². The fraction of sp³-hybridized carbons (Fsp3) is 0.200. The SMILES string of the molecule is CN(C)c1ccc(CN(CCc2c[nH]c3ccccc23)C(=O)CN(Cc2ccccc2)C(=O)c2ccc(Cl)cc2)cc1. The van der Waals surface area contributed by atoms with E-state index < -0.39 is 0 Å². The minimum Gasteiger partial charge on any atom is -0.378 e. The van der Waals surface area contributed by atoms with Gasteiger partial charge in [-0.15, -0.1) is 0 Å². The van der Waals surface area contributed by atoms with Crippen LogP contribution in [0.4, 0.5) is 5.69 Å². The Bertz CT molecular complexity index is 1630. The molecule has 0 radical (unpaired) electrons. The maximum absolute atomic E-state index is 14.0. The molecule has 214 valence electrons. The Morgan fingerprint density at radius 1 is 0.738 bits per heavy atom. The van der Waals surface area contributed by atoms with Crippen molar-refractivity contribution in [3.63, 3.8) is 0 Å². The van der Waals surface area contributed by atoms with Crippen molar-refractivity contribution in [2.45, 2.75) is 19.5 Å². The zero-order valence-corrected chi connectivity index (χ0v) is 24.7. The second kappa shape index (κ2) is 13.4.